The molecule has 0 spiro atoms. The first-order chi connectivity index (χ1) is 6.70. The first-order valence-corrected chi connectivity index (χ1v) is 4.80. The van der Waals surface area contributed by atoms with Gasteiger partial charge >= 0.3 is 0 Å². The topological polar surface area (TPSA) is 56.2 Å². The Kier molecular flexibility index (Phi) is 2.39. The molecule has 0 amide bonds. The van der Waals surface area contributed by atoms with Crippen LogP contribution in [-0.2, 0) is 0 Å². The Balaban J connectivity index is 2.51. The number of nitrogens with zero attached hydrogens (tertiary/aromatic N) is 3. The number of pyridine rings is 1. The van der Waals surface area contributed by atoms with Crippen molar-refractivity contribution in [3.8, 4) is 0 Å². The second kappa shape index (κ2) is 3.55. The Morgan fingerprint density at radius 1 is 1.57 bits per heavy atom. The van der Waals surface area contributed by atoms with Gasteiger partial charge in [0.2, 0.25) is 0 Å². The maximum Gasteiger partial charge on any atom is 0.155 e. The van der Waals surface area contributed by atoms with Gasteiger partial charge in [-0.1, -0.05) is 18.5 Å². The van der Waals surface area contributed by atoms with E-state index in [9.17, 15) is 0 Å². The number of aromatic nitrogens is 3. The summed E-state index contributed by atoms with van der Waals surface area (Å²) in [5.74, 6) is 0.934. The molecule has 2 N–H and O–H groups in total. The minimum atomic E-state index is 0.175. The molecular weight excluding hydrogens is 200 g/mol. The third-order valence-corrected chi connectivity index (χ3v) is 2.33. The fourth-order valence-electron chi connectivity index (χ4n) is 1.19. The summed E-state index contributed by atoms with van der Waals surface area (Å²) in [6.07, 6.45) is 1.73. The van der Waals surface area contributed by atoms with Crippen molar-refractivity contribution in [3.05, 3.63) is 29.2 Å². The van der Waals surface area contributed by atoms with Crippen LogP contribution in [0.5, 0.6) is 0 Å². The zero-order chi connectivity index (χ0) is 10.1. The molecule has 0 saturated heterocycles. The summed E-state index contributed by atoms with van der Waals surface area (Å²) in [4.78, 5) is 4.34. The molecule has 0 aliphatic carbocycles. The number of hydrogen-bond donors (Lipinski definition) is 1. The second-order valence-corrected chi connectivity index (χ2v) is 3.69. The van der Waals surface area contributed by atoms with Crippen molar-refractivity contribution in [2.75, 3.05) is 6.54 Å². The van der Waals surface area contributed by atoms with Crippen LogP contribution < -0.4 is 5.73 Å². The lowest BCUT2D eigenvalue weighted by molar-refractivity contribution is 0.708. The fraction of sp³-hybridized carbons (Fsp3) is 0.333. The Labute approximate surface area is 86.7 Å². The molecule has 1 unspecified atom stereocenters. The molecule has 2 aromatic rings. The van der Waals surface area contributed by atoms with Gasteiger partial charge in [0.05, 0.1) is 5.02 Å². The van der Waals surface area contributed by atoms with E-state index in [0.29, 0.717) is 11.6 Å². The van der Waals surface area contributed by atoms with Crippen molar-refractivity contribution in [2.24, 2.45) is 5.73 Å². The van der Waals surface area contributed by atoms with Gasteiger partial charge in [-0.2, -0.15) is 5.10 Å². The lowest BCUT2D eigenvalue weighted by Gasteiger charge is -1.99. The van der Waals surface area contributed by atoms with Crippen molar-refractivity contribution in [1.29, 1.82) is 0 Å². The molecule has 0 aliphatic rings. The largest absolute Gasteiger partial charge is 0.330 e. The van der Waals surface area contributed by atoms with E-state index < -0.39 is 0 Å². The highest BCUT2D eigenvalue weighted by molar-refractivity contribution is 6.30. The number of nitrogens with two attached hydrogens (primary N) is 1. The zero-order valence-electron chi connectivity index (χ0n) is 7.81. The van der Waals surface area contributed by atoms with Crippen LogP contribution in [0.25, 0.3) is 5.65 Å². The Hall–Kier alpha value is -1.13. The molecule has 0 saturated carbocycles. The summed E-state index contributed by atoms with van der Waals surface area (Å²) in [6.45, 7) is 2.54. The van der Waals surface area contributed by atoms with Crippen molar-refractivity contribution in [1.82, 2.24) is 14.6 Å². The first-order valence-electron chi connectivity index (χ1n) is 4.42. The fourth-order valence-corrected chi connectivity index (χ4v) is 1.34. The third-order valence-electron chi connectivity index (χ3n) is 2.11. The SMILES string of the molecule is CC(CN)c1nc2ccc(Cl)cn2n1. The third kappa shape index (κ3) is 1.58. The van der Waals surface area contributed by atoms with Crippen LogP contribution in [0.15, 0.2) is 18.3 Å². The van der Waals surface area contributed by atoms with Gasteiger partial charge in [-0.25, -0.2) is 9.50 Å². The minimum Gasteiger partial charge on any atom is -0.330 e. The van der Waals surface area contributed by atoms with E-state index in [1.165, 1.54) is 0 Å². The molecular formula is C9H11ClN4. The highest BCUT2D eigenvalue weighted by atomic mass is 35.5. The molecule has 2 heterocycles. The summed E-state index contributed by atoms with van der Waals surface area (Å²) in [5, 5.41) is 4.93. The number of halogens is 1. The smallest absolute Gasteiger partial charge is 0.155 e. The van der Waals surface area contributed by atoms with E-state index in [-0.39, 0.29) is 5.92 Å². The molecule has 2 rings (SSSR count). The maximum absolute atomic E-state index is 5.83. The highest BCUT2D eigenvalue weighted by Crippen LogP contribution is 2.13. The normalized spacial score (nSPS) is 13.4. The van der Waals surface area contributed by atoms with Gasteiger partial charge in [0.1, 0.15) is 0 Å². The van der Waals surface area contributed by atoms with Crippen LogP contribution in [0.4, 0.5) is 0 Å². The van der Waals surface area contributed by atoms with E-state index in [2.05, 4.69) is 10.1 Å². The van der Waals surface area contributed by atoms with Crippen molar-refractivity contribution in [3.63, 3.8) is 0 Å². The maximum atomic E-state index is 5.83. The molecule has 0 aliphatic heterocycles. The molecule has 0 bridgehead atoms. The lowest BCUT2D eigenvalue weighted by atomic mass is 10.2. The Morgan fingerprint density at radius 2 is 2.36 bits per heavy atom. The minimum absolute atomic E-state index is 0.175. The Morgan fingerprint density at radius 3 is 3.07 bits per heavy atom. The predicted molar refractivity (Wildman–Crippen MR) is 55.5 cm³/mol. The van der Waals surface area contributed by atoms with Crippen LogP contribution >= 0.6 is 11.6 Å². The van der Waals surface area contributed by atoms with Gasteiger partial charge < -0.3 is 5.73 Å². The molecule has 74 valence electrons. The molecule has 0 radical (unpaired) electrons. The van der Waals surface area contributed by atoms with E-state index in [0.717, 1.165) is 11.5 Å². The Bertz CT molecular complexity index is 451. The average molecular weight is 211 g/mol. The lowest BCUT2D eigenvalue weighted by Crippen LogP contribution is -2.10. The number of rotatable bonds is 2. The second-order valence-electron chi connectivity index (χ2n) is 3.26. The monoisotopic (exact) mass is 210 g/mol. The van der Waals surface area contributed by atoms with Crippen molar-refractivity contribution in [2.45, 2.75) is 12.8 Å². The van der Waals surface area contributed by atoms with E-state index in [1.54, 1.807) is 16.8 Å². The van der Waals surface area contributed by atoms with Gasteiger partial charge in [0, 0.05) is 18.7 Å². The standard InChI is InChI=1S/C9H11ClN4/c1-6(4-11)9-12-8-3-2-7(10)5-14(8)13-9/h2-3,5-6H,4,11H2,1H3. The molecule has 0 fully saturated rings. The quantitative estimate of drug-likeness (QED) is 0.816. The van der Waals surface area contributed by atoms with Gasteiger partial charge in [0.15, 0.2) is 11.5 Å². The van der Waals surface area contributed by atoms with E-state index in [4.69, 9.17) is 17.3 Å². The van der Waals surface area contributed by atoms with Crippen LogP contribution in [-0.4, -0.2) is 21.1 Å². The average Bonchev–Trinajstić information content (AvgIpc) is 2.59. The summed E-state index contributed by atoms with van der Waals surface area (Å²) in [7, 11) is 0. The molecule has 0 aromatic carbocycles. The zero-order valence-corrected chi connectivity index (χ0v) is 8.57. The first kappa shape index (κ1) is 9.43. The molecule has 14 heavy (non-hydrogen) atoms. The summed E-state index contributed by atoms with van der Waals surface area (Å²) >= 11 is 5.83. The summed E-state index contributed by atoms with van der Waals surface area (Å²) in [5.41, 5.74) is 6.34. The van der Waals surface area contributed by atoms with Crippen molar-refractivity contribution >= 4 is 17.2 Å². The van der Waals surface area contributed by atoms with E-state index in [1.807, 2.05) is 13.0 Å². The van der Waals surface area contributed by atoms with Gasteiger partial charge in [0.25, 0.3) is 0 Å². The van der Waals surface area contributed by atoms with E-state index >= 15 is 0 Å². The van der Waals surface area contributed by atoms with Crippen LogP contribution in [0.1, 0.15) is 18.7 Å². The van der Waals surface area contributed by atoms with Gasteiger partial charge in [-0.15, -0.1) is 0 Å². The predicted octanol–water partition coefficient (Wildman–Crippen LogP) is 1.44. The highest BCUT2D eigenvalue weighted by Gasteiger charge is 2.09. The molecule has 2 aromatic heterocycles. The van der Waals surface area contributed by atoms with Crippen LogP contribution in [0.3, 0.4) is 0 Å². The summed E-state index contributed by atoms with van der Waals surface area (Å²) < 4.78 is 1.67. The number of hydrogen-bond acceptors (Lipinski definition) is 3. The summed E-state index contributed by atoms with van der Waals surface area (Å²) in [6, 6.07) is 3.63. The van der Waals surface area contributed by atoms with Gasteiger partial charge in [-0.05, 0) is 12.1 Å². The van der Waals surface area contributed by atoms with Crippen LogP contribution in [0.2, 0.25) is 5.02 Å². The molecule has 1 atom stereocenters. The molecule has 5 heteroatoms. The van der Waals surface area contributed by atoms with Crippen molar-refractivity contribution < 1.29 is 0 Å². The number of fused-ring (bicyclic) bond motifs is 1. The van der Waals surface area contributed by atoms with Crippen LogP contribution in [0, 0.1) is 0 Å². The van der Waals surface area contributed by atoms with Gasteiger partial charge in [-0.3, -0.25) is 0 Å². The molecule has 4 nitrogen and oxygen atoms in total.